The van der Waals surface area contributed by atoms with Crippen LogP contribution in [0.1, 0.15) is 11.1 Å². The Balaban J connectivity index is 2.07. The van der Waals surface area contributed by atoms with Crippen LogP contribution in [0, 0.1) is 0 Å². The Bertz CT molecular complexity index is 1110. The van der Waals surface area contributed by atoms with Crippen LogP contribution in [0.2, 0.25) is 0 Å². The highest BCUT2D eigenvalue weighted by Crippen LogP contribution is 2.30. The van der Waals surface area contributed by atoms with Gasteiger partial charge >= 0.3 is 12.1 Å². The first kappa shape index (κ1) is 23.8. The van der Waals surface area contributed by atoms with Gasteiger partial charge in [0.25, 0.3) is 0 Å². The molecule has 0 aliphatic carbocycles. The number of sulfonamides is 1. The van der Waals surface area contributed by atoms with Crippen LogP contribution in [-0.2, 0) is 37.3 Å². The largest absolute Gasteiger partial charge is 0.480 e. The Morgan fingerprint density at radius 1 is 0.933 bits per heavy atom. The Morgan fingerprint density at radius 3 is 1.90 bits per heavy atom. The molecule has 2 aromatic rings. The lowest BCUT2D eigenvalue weighted by Crippen LogP contribution is -2.29. The number of carbonyl (C=O) groups is 1. The molecule has 0 aromatic heterocycles. The van der Waals surface area contributed by atoms with E-state index in [2.05, 4.69) is 0 Å². The number of rotatable bonds is 8. The van der Waals surface area contributed by atoms with Crippen molar-refractivity contribution in [2.45, 2.75) is 22.4 Å². The zero-order valence-electron chi connectivity index (χ0n) is 15.6. The monoisotopic (exact) mass is 465 g/mol. The molecule has 0 heterocycles. The van der Waals surface area contributed by atoms with Crippen LogP contribution in [0.25, 0.3) is 0 Å². The second-order valence-electron chi connectivity index (χ2n) is 6.40. The first-order valence-corrected chi connectivity index (χ1v) is 11.5. The number of nitrogens with zero attached hydrogens (tertiary/aromatic N) is 1. The third-order valence-electron chi connectivity index (χ3n) is 4.20. The van der Waals surface area contributed by atoms with Crippen molar-refractivity contribution in [3.8, 4) is 0 Å². The molecule has 0 amide bonds. The number of alkyl halides is 3. The van der Waals surface area contributed by atoms with Crippen molar-refractivity contribution in [1.29, 1.82) is 0 Å². The van der Waals surface area contributed by atoms with Gasteiger partial charge in [0.05, 0.1) is 15.4 Å². The molecule has 12 heteroatoms. The fourth-order valence-electron chi connectivity index (χ4n) is 2.51. The summed E-state index contributed by atoms with van der Waals surface area (Å²) in [6.45, 7) is -0.00935. The molecule has 0 saturated heterocycles. The first-order chi connectivity index (χ1) is 13.7. The summed E-state index contributed by atoms with van der Waals surface area (Å²) in [7, 11) is -6.70. The molecular weight excluding hydrogens is 447 g/mol. The highest BCUT2D eigenvalue weighted by molar-refractivity contribution is 7.92. The van der Waals surface area contributed by atoms with Gasteiger partial charge in [-0.15, -0.1) is 0 Å². The molecule has 0 saturated carbocycles. The van der Waals surface area contributed by atoms with E-state index in [-0.39, 0.29) is 22.8 Å². The summed E-state index contributed by atoms with van der Waals surface area (Å²) in [5.74, 6) is -2.52. The van der Waals surface area contributed by atoms with Crippen LogP contribution in [-0.4, -0.2) is 51.6 Å². The van der Waals surface area contributed by atoms with Crippen LogP contribution in [0.3, 0.4) is 0 Å². The van der Waals surface area contributed by atoms with E-state index >= 15 is 0 Å². The predicted octanol–water partition coefficient (Wildman–Crippen LogP) is 2.43. The summed E-state index contributed by atoms with van der Waals surface area (Å²) < 4.78 is 87.6. The van der Waals surface area contributed by atoms with E-state index < -0.39 is 43.3 Å². The maximum absolute atomic E-state index is 12.6. The highest BCUT2D eigenvalue weighted by atomic mass is 32.2. The maximum atomic E-state index is 12.6. The topological polar surface area (TPSA) is 109 Å². The van der Waals surface area contributed by atoms with E-state index in [9.17, 15) is 34.8 Å². The zero-order chi connectivity index (χ0) is 22.7. The van der Waals surface area contributed by atoms with Crippen LogP contribution in [0.15, 0.2) is 58.3 Å². The van der Waals surface area contributed by atoms with Crippen molar-refractivity contribution < 1.29 is 39.9 Å². The van der Waals surface area contributed by atoms with Gasteiger partial charge in [0.1, 0.15) is 0 Å². The number of carboxylic acid groups (broad SMARTS) is 1. The molecule has 30 heavy (non-hydrogen) atoms. The summed E-state index contributed by atoms with van der Waals surface area (Å²) in [6, 6.07) is 8.50. The van der Waals surface area contributed by atoms with E-state index in [1.807, 2.05) is 0 Å². The van der Waals surface area contributed by atoms with Crippen LogP contribution >= 0.6 is 0 Å². The molecule has 0 bridgehead atoms. The second-order valence-corrected chi connectivity index (χ2v) is 10.4. The molecule has 1 N–H and O–H groups in total. The van der Waals surface area contributed by atoms with Gasteiger partial charge < -0.3 is 5.11 Å². The van der Waals surface area contributed by atoms with Crippen molar-refractivity contribution >= 4 is 25.8 Å². The van der Waals surface area contributed by atoms with Gasteiger partial charge in [-0.05, 0) is 48.4 Å². The summed E-state index contributed by atoms with van der Waals surface area (Å²) in [4.78, 5) is 10.2. The first-order valence-electron chi connectivity index (χ1n) is 8.40. The average molecular weight is 465 g/mol. The summed E-state index contributed by atoms with van der Waals surface area (Å²) >= 11 is 0. The minimum atomic E-state index is -4.57. The van der Waals surface area contributed by atoms with Crippen molar-refractivity contribution in [3.05, 3.63) is 59.7 Å². The minimum absolute atomic E-state index is 0.00935. The molecule has 164 valence electrons. The Kier molecular flexibility index (Phi) is 6.94. The van der Waals surface area contributed by atoms with Gasteiger partial charge in [-0.1, -0.05) is 12.1 Å². The van der Waals surface area contributed by atoms with Crippen LogP contribution < -0.4 is 0 Å². The molecule has 7 nitrogen and oxygen atoms in total. The van der Waals surface area contributed by atoms with Crippen LogP contribution in [0.4, 0.5) is 13.2 Å². The van der Waals surface area contributed by atoms with Gasteiger partial charge in [-0.3, -0.25) is 4.79 Å². The normalized spacial score (nSPS) is 12.8. The van der Waals surface area contributed by atoms with Crippen molar-refractivity contribution in [2.75, 3.05) is 19.3 Å². The number of carboxylic acids is 1. The van der Waals surface area contributed by atoms with Crippen LogP contribution in [0.5, 0.6) is 0 Å². The summed E-state index contributed by atoms with van der Waals surface area (Å²) in [6.07, 6.45) is -4.37. The number of hydrogen-bond donors (Lipinski definition) is 1. The van der Waals surface area contributed by atoms with Gasteiger partial charge in [0.15, 0.2) is 15.6 Å². The van der Waals surface area contributed by atoms with Gasteiger partial charge in [0, 0.05) is 13.6 Å². The molecular formula is C18H18F3NO6S2. The molecule has 0 atom stereocenters. The van der Waals surface area contributed by atoms with E-state index in [0.29, 0.717) is 17.7 Å². The molecule has 0 unspecified atom stereocenters. The van der Waals surface area contributed by atoms with E-state index in [0.717, 1.165) is 16.4 Å². The molecule has 0 aliphatic heterocycles. The number of hydrogen-bond acceptors (Lipinski definition) is 5. The molecule has 0 radical (unpaired) electrons. The third kappa shape index (κ3) is 5.80. The Morgan fingerprint density at radius 2 is 1.43 bits per heavy atom. The Labute approximate surface area is 171 Å². The van der Waals surface area contributed by atoms with Gasteiger partial charge in [-0.2, -0.15) is 13.2 Å². The van der Waals surface area contributed by atoms with Gasteiger partial charge in [0.2, 0.25) is 10.0 Å². The van der Waals surface area contributed by atoms with Crippen molar-refractivity contribution in [1.82, 2.24) is 4.31 Å². The Hall–Kier alpha value is -2.44. The predicted molar refractivity (Wildman–Crippen MR) is 101 cm³/mol. The minimum Gasteiger partial charge on any atom is -0.480 e. The average Bonchev–Trinajstić information content (AvgIpc) is 2.64. The quantitative estimate of drug-likeness (QED) is 0.642. The fraction of sp³-hybridized carbons (Fsp3) is 0.278. The lowest BCUT2D eigenvalue weighted by molar-refractivity contribution is -0.137. The van der Waals surface area contributed by atoms with E-state index in [1.54, 1.807) is 0 Å². The second kappa shape index (κ2) is 8.74. The SMILES string of the molecule is CN(CCc1ccc(S(=O)(=O)CC(=O)O)cc1)S(=O)(=O)c1ccc(C(F)(F)F)cc1. The highest BCUT2D eigenvalue weighted by Gasteiger charge is 2.31. The number of sulfone groups is 1. The molecule has 0 fully saturated rings. The third-order valence-corrected chi connectivity index (χ3v) is 7.69. The fourth-order valence-corrected chi connectivity index (χ4v) is 4.73. The number of halogens is 3. The van der Waals surface area contributed by atoms with E-state index in [4.69, 9.17) is 5.11 Å². The zero-order valence-corrected chi connectivity index (χ0v) is 17.3. The molecule has 0 aliphatic rings. The molecule has 2 aromatic carbocycles. The summed E-state index contributed by atoms with van der Waals surface area (Å²) in [5, 5.41) is 8.64. The van der Waals surface area contributed by atoms with Crippen molar-refractivity contribution in [3.63, 3.8) is 0 Å². The number of aliphatic carboxylic acids is 1. The van der Waals surface area contributed by atoms with Gasteiger partial charge in [-0.25, -0.2) is 21.1 Å². The lowest BCUT2D eigenvalue weighted by atomic mass is 10.1. The van der Waals surface area contributed by atoms with Crippen molar-refractivity contribution in [2.24, 2.45) is 0 Å². The smallest absolute Gasteiger partial charge is 0.416 e. The molecule has 2 rings (SSSR count). The van der Waals surface area contributed by atoms with E-state index in [1.165, 1.54) is 31.3 Å². The number of likely N-dealkylation sites (N-methyl/N-ethyl adjacent to an activating group) is 1. The standard InChI is InChI=1S/C18H18F3NO6S2/c1-22(30(27,28)16-8-4-14(5-9-16)18(19,20)21)11-10-13-2-6-15(7-3-13)29(25,26)12-17(23)24/h2-9H,10-12H2,1H3,(H,23,24). The lowest BCUT2D eigenvalue weighted by Gasteiger charge is -2.18. The summed E-state index contributed by atoms with van der Waals surface area (Å²) in [5.41, 5.74) is -0.360. The number of benzene rings is 2. The molecule has 0 spiro atoms. The maximum Gasteiger partial charge on any atom is 0.416 e.